The Morgan fingerprint density at radius 2 is 1.92 bits per heavy atom. The SMILES string of the molecule is CCC(C)(CC)NC(=O)C(C)N. The molecule has 72 valence electrons. The highest BCUT2D eigenvalue weighted by atomic mass is 16.2. The molecule has 3 N–H and O–H groups in total. The molecule has 0 saturated carbocycles. The van der Waals surface area contributed by atoms with Crippen LogP contribution in [0.1, 0.15) is 40.5 Å². The highest BCUT2D eigenvalue weighted by Gasteiger charge is 2.22. The second-order valence-corrected chi connectivity index (χ2v) is 3.55. The maximum atomic E-state index is 11.2. The largest absolute Gasteiger partial charge is 0.350 e. The van der Waals surface area contributed by atoms with Gasteiger partial charge in [0.25, 0.3) is 0 Å². The first kappa shape index (κ1) is 11.4. The van der Waals surface area contributed by atoms with Crippen molar-refractivity contribution in [3.8, 4) is 0 Å². The molecule has 0 aromatic heterocycles. The van der Waals surface area contributed by atoms with Gasteiger partial charge in [0.1, 0.15) is 0 Å². The summed E-state index contributed by atoms with van der Waals surface area (Å²) < 4.78 is 0. The Morgan fingerprint density at radius 1 is 1.50 bits per heavy atom. The lowest BCUT2D eigenvalue weighted by Gasteiger charge is -2.29. The fourth-order valence-electron chi connectivity index (χ4n) is 0.838. The molecule has 0 aliphatic heterocycles. The maximum absolute atomic E-state index is 11.2. The third-order valence-corrected chi connectivity index (χ3v) is 2.40. The minimum absolute atomic E-state index is 0.0683. The van der Waals surface area contributed by atoms with E-state index in [4.69, 9.17) is 5.73 Å². The standard InChI is InChI=1S/C9H20N2O/c1-5-9(4,6-2)11-8(12)7(3)10/h7H,5-6,10H2,1-4H3,(H,11,12). The fourth-order valence-corrected chi connectivity index (χ4v) is 0.838. The highest BCUT2D eigenvalue weighted by Crippen LogP contribution is 2.13. The van der Waals surface area contributed by atoms with E-state index in [0.29, 0.717) is 0 Å². The first-order valence-electron chi connectivity index (χ1n) is 4.52. The molecule has 0 aromatic rings. The molecule has 0 radical (unpaired) electrons. The smallest absolute Gasteiger partial charge is 0.237 e. The summed E-state index contributed by atoms with van der Waals surface area (Å²) in [7, 11) is 0. The van der Waals surface area contributed by atoms with Gasteiger partial charge >= 0.3 is 0 Å². The summed E-state index contributed by atoms with van der Waals surface area (Å²) in [5, 5.41) is 2.93. The van der Waals surface area contributed by atoms with Crippen LogP contribution in [0, 0.1) is 0 Å². The molecule has 0 aromatic carbocycles. The van der Waals surface area contributed by atoms with Crippen molar-refractivity contribution in [1.29, 1.82) is 0 Å². The minimum Gasteiger partial charge on any atom is -0.350 e. The van der Waals surface area contributed by atoms with E-state index in [2.05, 4.69) is 19.2 Å². The number of carbonyl (C=O) groups excluding carboxylic acids is 1. The van der Waals surface area contributed by atoms with E-state index in [1.54, 1.807) is 6.92 Å². The van der Waals surface area contributed by atoms with Crippen molar-refractivity contribution >= 4 is 5.91 Å². The summed E-state index contributed by atoms with van der Waals surface area (Å²) in [4.78, 5) is 11.2. The lowest BCUT2D eigenvalue weighted by Crippen LogP contribution is -2.50. The van der Waals surface area contributed by atoms with Gasteiger partial charge < -0.3 is 11.1 Å². The van der Waals surface area contributed by atoms with E-state index in [0.717, 1.165) is 12.8 Å². The Hall–Kier alpha value is -0.570. The summed E-state index contributed by atoms with van der Waals surface area (Å²) in [5.41, 5.74) is 5.35. The minimum atomic E-state index is -0.414. The Balaban J connectivity index is 4.12. The van der Waals surface area contributed by atoms with Crippen molar-refractivity contribution in [2.45, 2.75) is 52.1 Å². The van der Waals surface area contributed by atoms with Gasteiger partial charge in [0.05, 0.1) is 6.04 Å². The van der Waals surface area contributed by atoms with E-state index in [9.17, 15) is 4.79 Å². The molecule has 0 spiro atoms. The van der Waals surface area contributed by atoms with Gasteiger partial charge in [-0.2, -0.15) is 0 Å². The fraction of sp³-hybridized carbons (Fsp3) is 0.889. The molecular formula is C9H20N2O. The summed E-state index contributed by atoms with van der Waals surface area (Å²) in [6, 6.07) is -0.414. The molecule has 0 bridgehead atoms. The normalized spacial score (nSPS) is 14.1. The van der Waals surface area contributed by atoms with Gasteiger partial charge in [-0.15, -0.1) is 0 Å². The molecule has 0 aliphatic rings. The Bertz CT molecular complexity index is 151. The molecule has 1 amide bonds. The Labute approximate surface area is 74.7 Å². The molecular weight excluding hydrogens is 152 g/mol. The van der Waals surface area contributed by atoms with Crippen LogP contribution >= 0.6 is 0 Å². The van der Waals surface area contributed by atoms with Crippen molar-refractivity contribution in [3.05, 3.63) is 0 Å². The second-order valence-electron chi connectivity index (χ2n) is 3.55. The topological polar surface area (TPSA) is 55.1 Å². The van der Waals surface area contributed by atoms with Gasteiger partial charge in [0.15, 0.2) is 0 Å². The third kappa shape index (κ3) is 3.22. The number of nitrogens with one attached hydrogen (secondary N) is 1. The van der Waals surface area contributed by atoms with Crippen LogP contribution in [0.3, 0.4) is 0 Å². The number of carbonyl (C=O) groups is 1. The number of hydrogen-bond acceptors (Lipinski definition) is 2. The first-order chi connectivity index (χ1) is 5.45. The average molecular weight is 172 g/mol. The van der Waals surface area contributed by atoms with Gasteiger partial charge in [-0.1, -0.05) is 13.8 Å². The van der Waals surface area contributed by atoms with E-state index in [1.807, 2.05) is 6.92 Å². The van der Waals surface area contributed by atoms with Gasteiger partial charge in [-0.05, 0) is 26.7 Å². The first-order valence-corrected chi connectivity index (χ1v) is 4.52. The van der Waals surface area contributed by atoms with E-state index < -0.39 is 6.04 Å². The maximum Gasteiger partial charge on any atom is 0.237 e. The molecule has 0 rings (SSSR count). The van der Waals surface area contributed by atoms with E-state index >= 15 is 0 Å². The van der Waals surface area contributed by atoms with Crippen molar-refractivity contribution < 1.29 is 4.79 Å². The van der Waals surface area contributed by atoms with Crippen LogP contribution in [-0.2, 0) is 4.79 Å². The zero-order chi connectivity index (χ0) is 9.78. The monoisotopic (exact) mass is 172 g/mol. The molecule has 0 fully saturated rings. The van der Waals surface area contributed by atoms with Gasteiger partial charge in [-0.25, -0.2) is 0 Å². The molecule has 3 heteroatoms. The van der Waals surface area contributed by atoms with E-state index in [1.165, 1.54) is 0 Å². The number of nitrogens with two attached hydrogens (primary N) is 1. The molecule has 3 nitrogen and oxygen atoms in total. The van der Waals surface area contributed by atoms with Crippen molar-refractivity contribution in [1.82, 2.24) is 5.32 Å². The predicted molar refractivity (Wildman–Crippen MR) is 50.8 cm³/mol. The van der Waals surface area contributed by atoms with Crippen LogP contribution in [-0.4, -0.2) is 17.5 Å². The third-order valence-electron chi connectivity index (χ3n) is 2.40. The lowest BCUT2D eigenvalue weighted by molar-refractivity contribution is -0.123. The van der Waals surface area contributed by atoms with Crippen LogP contribution in [0.5, 0.6) is 0 Å². The highest BCUT2D eigenvalue weighted by molar-refractivity contribution is 5.81. The molecule has 0 saturated heterocycles. The summed E-state index contributed by atoms with van der Waals surface area (Å²) in [6.45, 7) is 7.85. The number of hydrogen-bond donors (Lipinski definition) is 2. The second kappa shape index (κ2) is 4.45. The summed E-state index contributed by atoms with van der Waals surface area (Å²) in [5.74, 6) is -0.0683. The van der Waals surface area contributed by atoms with Gasteiger partial charge in [0.2, 0.25) is 5.91 Å². The Morgan fingerprint density at radius 3 is 2.17 bits per heavy atom. The zero-order valence-electron chi connectivity index (χ0n) is 8.48. The summed E-state index contributed by atoms with van der Waals surface area (Å²) >= 11 is 0. The molecule has 0 aliphatic carbocycles. The molecule has 1 unspecified atom stereocenters. The van der Waals surface area contributed by atoms with Crippen LogP contribution in [0.2, 0.25) is 0 Å². The zero-order valence-corrected chi connectivity index (χ0v) is 8.48. The van der Waals surface area contributed by atoms with Gasteiger partial charge in [0, 0.05) is 5.54 Å². The van der Waals surface area contributed by atoms with Crippen LogP contribution in [0.15, 0.2) is 0 Å². The van der Waals surface area contributed by atoms with Gasteiger partial charge in [-0.3, -0.25) is 4.79 Å². The van der Waals surface area contributed by atoms with Crippen molar-refractivity contribution in [2.24, 2.45) is 5.73 Å². The number of rotatable bonds is 4. The van der Waals surface area contributed by atoms with Crippen LogP contribution in [0.4, 0.5) is 0 Å². The Kier molecular flexibility index (Phi) is 4.24. The molecule has 12 heavy (non-hydrogen) atoms. The average Bonchev–Trinajstić information content (AvgIpc) is 2.04. The van der Waals surface area contributed by atoms with E-state index in [-0.39, 0.29) is 11.4 Å². The number of amides is 1. The molecule has 0 heterocycles. The van der Waals surface area contributed by atoms with Crippen molar-refractivity contribution in [3.63, 3.8) is 0 Å². The van der Waals surface area contributed by atoms with Crippen LogP contribution in [0.25, 0.3) is 0 Å². The predicted octanol–water partition coefficient (Wildman–Crippen LogP) is 1.03. The quantitative estimate of drug-likeness (QED) is 0.665. The summed E-state index contributed by atoms with van der Waals surface area (Å²) in [6.07, 6.45) is 1.86. The lowest BCUT2D eigenvalue weighted by atomic mass is 9.95. The van der Waals surface area contributed by atoms with Crippen molar-refractivity contribution in [2.75, 3.05) is 0 Å². The van der Waals surface area contributed by atoms with Crippen LogP contribution < -0.4 is 11.1 Å². The molecule has 1 atom stereocenters.